The molecule has 5 aromatic carbocycles. The molecule has 1 aliphatic heterocycles. The first kappa shape index (κ1) is 28.5. The van der Waals surface area contributed by atoms with Gasteiger partial charge in [-0.15, -0.1) is 0 Å². The van der Waals surface area contributed by atoms with Crippen molar-refractivity contribution in [3.63, 3.8) is 0 Å². The Morgan fingerprint density at radius 2 is 1.47 bits per heavy atom. The second-order valence-corrected chi connectivity index (χ2v) is 12.1. The van der Waals surface area contributed by atoms with Gasteiger partial charge in [-0.1, -0.05) is 134 Å². The van der Waals surface area contributed by atoms with Gasteiger partial charge in [0.2, 0.25) is 0 Å². The lowest BCUT2D eigenvalue weighted by molar-refractivity contribution is 0.749. The van der Waals surface area contributed by atoms with Crippen molar-refractivity contribution in [3.8, 4) is 16.8 Å². The Labute approximate surface area is 269 Å². The van der Waals surface area contributed by atoms with Crippen molar-refractivity contribution in [2.75, 3.05) is 0 Å². The van der Waals surface area contributed by atoms with Crippen LogP contribution >= 0.6 is 11.8 Å². The molecule has 0 saturated carbocycles. The highest BCUT2D eigenvalue weighted by Crippen LogP contribution is 2.43. The van der Waals surface area contributed by atoms with Crippen molar-refractivity contribution >= 4 is 40.4 Å². The summed E-state index contributed by atoms with van der Waals surface area (Å²) >= 11 is 1.81. The molecule has 1 aromatic heterocycles. The number of para-hydroxylation sites is 1. The third-order valence-corrected chi connectivity index (χ3v) is 9.47. The number of rotatable bonds is 8. The predicted octanol–water partition coefficient (Wildman–Crippen LogP) is 11.4. The van der Waals surface area contributed by atoms with E-state index >= 15 is 0 Å². The summed E-state index contributed by atoms with van der Waals surface area (Å²) in [5, 5.41) is 4.75. The van der Waals surface area contributed by atoms with Crippen molar-refractivity contribution < 1.29 is 0 Å². The summed E-state index contributed by atoms with van der Waals surface area (Å²) in [6, 6.07) is 45.6. The Kier molecular flexibility index (Phi) is 8.09. The number of nitrogens with zero attached hydrogens (tertiary/aromatic N) is 1. The third-order valence-electron chi connectivity index (χ3n) is 8.24. The zero-order valence-electron chi connectivity index (χ0n) is 25.2. The molecule has 1 N–H and O–H groups in total. The number of nitrogens with one attached hydrogen (secondary N) is 1. The summed E-state index contributed by atoms with van der Waals surface area (Å²) < 4.78 is 2.39. The molecule has 1 unspecified atom stereocenters. The number of benzene rings is 5. The van der Waals surface area contributed by atoms with Crippen LogP contribution in [0.3, 0.4) is 0 Å². The lowest BCUT2D eigenvalue weighted by Crippen LogP contribution is -2.16. The molecule has 6 aromatic rings. The summed E-state index contributed by atoms with van der Waals surface area (Å²) in [4.78, 5) is 2.43. The largest absolute Gasteiger partial charge is 0.381 e. The highest BCUT2D eigenvalue weighted by atomic mass is 32.2. The molecule has 2 nitrogen and oxygen atoms in total. The standard InChI is InChI=1S/C42H34N2S/c1-3-13-39-42(45-41-19-12-11-14-30(41)4-2)37-25-24-34(29-40(37)44(39)36-17-9-6-10-18-36)32-20-22-33(23-21-32)38-28-35(26-27-43-38)31-15-7-5-8-16-31/h3-29,38,43H,2H2,1H3/b13-3-. The Bertz CT molecular complexity index is 2060. The van der Waals surface area contributed by atoms with Crippen LogP contribution < -0.4 is 5.32 Å². The highest BCUT2D eigenvalue weighted by Gasteiger charge is 2.20. The minimum absolute atomic E-state index is 0.124. The second kappa shape index (κ2) is 12.8. The van der Waals surface area contributed by atoms with E-state index in [9.17, 15) is 0 Å². The molecule has 0 radical (unpaired) electrons. The van der Waals surface area contributed by atoms with Gasteiger partial charge in [0, 0.05) is 20.9 Å². The molecule has 0 bridgehead atoms. The SMILES string of the molecule is C=Cc1ccccc1Sc1c(/C=C\C)n(-c2ccccc2)c2cc(-c3ccc(C4C=C(c5ccccc5)C=CN4)cc3)ccc12. The number of fused-ring (bicyclic) bond motifs is 1. The molecule has 1 aliphatic rings. The van der Waals surface area contributed by atoms with E-state index in [2.05, 4.69) is 181 Å². The third kappa shape index (κ3) is 5.71. The van der Waals surface area contributed by atoms with Crippen LogP contribution in [-0.2, 0) is 0 Å². The first-order valence-electron chi connectivity index (χ1n) is 15.3. The molecule has 3 heteroatoms. The van der Waals surface area contributed by atoms with E-state index in [1.54, 1.807) is 0 Å². The van der Waals surface area contributed by atoms with Crippen molar-refractivity contribution in [3.05, 3.63) is 181 Å². The van der Waals surface area contributed by atoms with Crippen LogP contribution in [0, 0.1) is 0 Å². The van der Waals surface area contributed by atoms with Gasteiger partial charge >= 0.3 is 0 Å². The summed E-state index contributed by atoms with van der Waals surface area (Å²) in [6.07, 6.45) is 12.8. The number of allylic oxidation sites excluding steroid dienone is 3. The first-order valence-corrected chi connectivity index (χ1v) is 16.1. The van der Waals surface area contributed by atoms with Gasteiger partial charge in [-0.05, 0) is 89.0 Å². The van der Waals surface area contributed by atoms with Crippen molar-refractivity contribution in [1.29, 1.82) is 0 Å². The number of hydrogen-bond donors (Lipinski definition) is 1. The fraction of sp³-hybridized carbons (Fsp3) is 0.0476. The van der Waals surface area contributed by atoms with Crippen LogP contribution in [0.2, 0.25) is 0 Å². The van der Waals surface area contributed by atoms with E-state index in [4.69, 9.17) is 0 Å². The summed E-state index contributed by atoms with van der Waals surface area (Å²) in [6.45, 7) is 6.15. The van der Waals surface area contributed by atoms with Crippen LogP contribution in [0.5, 0.6) is 0 Å². The average Bonchev–Trinajstić information content (AvgIpc) is 3.41. The molecule has 0 fully saturated rings. The quantitative estimate of drug-likeness (QED) is 0.188. The van der Waals surface area contributed by atoms with Gasteiger partial charge in [0.25, 0.3) is 0 Å². The van der Waals surface area contributed by atoms with Crippen molar-refractivity contribution in [1.82, 2.24) is 9.88 Å². The number of dihydropyridines is 1. The minimum atomic E-state index is 0.124. The Balaban J connectivity index is 1.30. The lowest BCUT2D eigenvalue weighted by atomic mass is 9.95. The molecule has 0 spiro atoms. The Morgan fingerprint density at radius 1 is 0.756 bits per heavy atom. The summed E-state index contributed by atoms with van der Waals surface area (Å²) in [5.74, 6) is 0. The smallest absolute Gasteiger partial charge is 0.0701 e. The predicted molar refractivity (Wildman–Crippen MR) is 194 cm³/mol. The van der Waals surface area contributed by atoms with E-state index in [1.807, 2.05) is 17.8 Å². The maximum Gasteiger partial charge on any atom is 0.0701 e. The molecule has 218 valence electrons. The zero-order chi connectivity index (χ0) is 30.6. The van der Waals surface area contributed by atoms with Gasteiger partial charge in [-0.2, -0.15) is 0 Å². The Morgan fingerprint density at radius 3 is 2.22 bits per heavy atom. The van der Waals surface area contributed by atoms with Gasteiger partial charge < -0.3 is 9.88 Å². The highest BCUT2D eigenvalue weighted by molar-refractivity contribution is 7.99. The van der Waals surface area contributed by atoms with E-state index in [0.717, 1.165) is 11.3 Å². The van der Waals surface area contributed by atoms with Gasteiger partial charge in [-0.25, -0.2) is 0 Å². The normalized spacial score (nSPS) is 14.4. The van der Waals surface area contributed by atoms with Gasteiger partial charge in [0.1, 0.15) is 0 Å². The van der Waals surface area contributed by atoms with Gasteiger partial charge in [0.05, 0.1) is 17.3 Å². The fourth-order valence-corrected chi connectivity index (χ4v) is 7.19. The van der Waals surface area contributed by atoms with Crippen LogP contribution in [0.25, 0.3) is 45.4 Å². The van der Waals surface area contributed by atoms with Crippen LogP contribution in [0.15, 0.2) is 168 Å². The van der Waals surface area contributed by atoms with Crippen LogP contribution in [-0.4, -0.2) is 4.57 Å². The summed E-state index contributed by atoms with van der Waals surface area (Å²) in [5.41, 5.74) is 10.7. The molecule has 45 heavy (non-hydrogen) atoms. The van der Waals surface area contributed by atoms with Crippen molar-refractivity contribution in [2.45, 2.75) is 22.8 Å². The molecule has 1 atom stereocenters. The molecular formula is C42H34N2S. The molecule has 0 aliphatic carbocycles. The average molecular weight is 599 g/mol. The number of aromatic nitrogens is 1. The minimum Gasteiger partial charge on any atom is -0.381 e. The van der Waals surface area contributed by atoms with E-state index in [1.165, 1.54) is 54.2 Å². The first-order chi connectivity index (χ1) is 22.2. The number of hydrogen-bond acceptors (Lipinski definition) is 2. The Hall–Kier alpha value is -5.25. The van der Waals surface area contributed by atoms with E-state index in [0.29, 0.717) is 0 Å². The second-order valence-electron chi connectivity index (χ2n) is 11.0. The molecular weight excluding hydrogens is 565 g/mol. The molecule has 0 amide bonds. The molecule has 2 heterocycles. The van der Waals surface area contributed by atoms with Gasteiger partial charge in [-0.3, -0.25) is 0 Å². The van der Waals surface area contributed by atoms with E-state index in [-0.39, 0.29) is 6.04 Å². The molecule has 7 rings (SSSR count). The van der Waals surface area contributed by atoms with Crippen LogP contribution in [0.4, 0.5) is 0 Å². The molecule has 0 saturated heterocycles. The van der Waals surface area contributed by atoms with E-state index < -0.39 is 0 Å². The van der Waals surface area contributed by atoms with Gasteiger partial charge in [0.15, 0.2) is 0 Å². The fourth-order valence-electron chi connectivity index (χ4n) is 6.00. The summed E-state index contributed by atoms with van der Waals surface area (Å²) in [7, 11) is 0. The van der Waals surface area contributed by atoms with Crippen molar-refractivity contribution in [2.24, 2.45) is 0 Å². The topological polar surface area (TPSA) is 17.0 Å². The maximum atomic E-state index is 4.06. The monoisotopic (exact) mass is 598 g/mol. The van der Waals surface area contributed by atoms with Crippen LogP contribution in [0.1, 0.15) is 35.3 Å². The zero-order valence-corrected chi connectivity index (χ0v) is 26.0. The lowest BCUT2D eigenvalue weighted by Gasteiger charge is -2.20. The maximum absolute atomic E-state index is 4.06.